The number of hydrogen-bond acceptors (Lipinski definition) is 7. The van der Waals surface area contributed by atoms with Crippen LogP contribution in [0.4, 0.5) is 10.1 Å². The van der Waals surface area contributed by atoms with Crippen LogP contribution in [0.2, 0.25) is 0 Å². The molecule has 11 heteroatoms. The molecule has 0 radical (unpaired) electrons. The zero-order chi connectivity index (χ0) is 18.4. The maximum Gasteiger partial charge on any atom is 0.252 e. The van der Waals surface area contributed by atoms with Gasteiger partial charge in [0.15, 0.2) is 5.82 Å². The lowest BCUT2D eigenvalue weighted by Gasteiger charge is -2.21. The Kier molecular flexibility index (Phi) is 6.04. The molecule has 0 unspecified atom stereocenters. The molecule has 1 amide bonds. The van der Waals surface area contributed by atoms with Crippen LogP contribution in [0.5, 0.6) is 0 Å². The fourth-order valence-corrected chi connectivity index (χ4v) is 2.84. The average molecular weight is 372 g/mol. The van der Waals surface area contributed by atoms with Crippen molar-refractivity contribution in [3.63, 3.8) is 0 Å². The maximum atomic E-state index is 13.3. The number of rotatable bonds is 8. The van der Waals surface area contributed by atoms with Crippen molar-refractivity contribution in [1.82, 2.24) is 15.5 Å². The molecular weight excluding hydrogens is 355 g/mol. The van der Waals surface area contributed by atoms with E-state index in [1.807, 2.05) is 0 Å². The van der Waals surface area contributed by atoms with Crippen molar-refractivity contribution in [2.24, 2.45) is 0 Å². The van der Waals surface area contributed by atoms with E-state index in [0.717, 1.165) is 16.6 Å². The zero-order valence-corrected chi connectivity index (χ0v) is 14.2. The quantitative estimate of drug-likeness (QED) is 0.659. The first-order valence-electron chi connectivity index (χ1n) is 7.22. The summed E-state index contributed by atoms with van der Waals surface area (Å²) in [5.74, 6) is -0.811. The second-order valence-corrected chi connectivity index (χ2v) is 7.02. The monoisotopic (exact) mass is 372 g/mol. The predicted molar refractivity (Wildman–Crippen MR) is 85.5 cm³/mol. The molecule has 0 fully saturated rings. The Balaban J connectivity index is 1.95. The first-order valence-corrected chi connectivity index (χ1v) is 9.06. The van der Waals surface area contributed by atoms with Crippen LogP contribution in [0.25, 0.3) is 0 Å². The third-order valence-corrected chi connectivity index (χ3v) is 4.24. The van der Waals surface area contributed by atoms with Crippen LogP contribution >= 0.6 is 0 Å². The number of anilines is 1. The fourth-order valence-electron chi connectivity index (χ4n) is 1.99. The molecule has 0 aliphatic rings. The number of benzene rings is 1. The SMILES string of the molecule is CS(=O)(=O)N(CC(=O)NCCc1noc(CO)n1)c1cccc(F)c1. The molecule has 2 aromatic rings. The van der Waals surface area contributed by atoms with Crippen molar-refractivity contribution in [3.05, 3.63) is 41.8 Å². The highest BCUT2D eigenvalue weighted by atomic mass is 32.2. The van der Waals surface area contributed by atoms with Gasteiger partial charge in [-0.3, -0.25) is 9.10 Å². The number of carbonyl (C=O) groups is 1. The molecule has 1 aromatic carbocycles. The molecule has 0 saturated carbocycles. The third-order valence-electron chi connectivity index (χ3n) is 3.10. The maximum absolute atomic E-state index is 13.3. The van der Waals surface area contributed by atoms with Gasteiger partial charge in [-0.25, -0.2) is 12.8 Å². The van der Waals surface area contributed by atoms with Gasteiger partial charge < -0.3 is 14.9 Å². The van der Waals surface area contributed by atoms with Crippen LogP contribution in [0.3, 0.4) is 0 Å². The number of halogens is 1. The molecular formula is C14H17FN4O5S. The lowest BCUT2D eigenvalue weighted by Crippen LogP contribution is -2.41. The number of aliphatic hydroxyl groups is 1. The molecule has 136 valence electrons. The lowest BCUT2D eigenvalue weighted by atomic mass is 10.3. The number of amides is 1. The number of hydrogen-bond donors (Lipinski definition) is 2. The minimum atomic E-state index is -3.77. The minimum absolute atomic E-state index is 0.0587. The normalized spacial score (nSPS) is 11.3. The highest BCUT2D eigenvalue weighted by Crippen LogP contribution is 2.18. The number of aliphatic hydroxyl groups excluding tert-OH is 1. The fraction of sp³-hybridized carbons (Fsp3) is 0.357. The van der Waals surface area contributed by atoms with Crippen LogP contribution in [-0.2, 0) is 27.8 Å². The number of nitrogens with one attached hydrogen (secondary N) is 1. The van der Waals surface area contributed by atoms with Gasteiger partial charge in [0.1, 0.15) is 19.0 Å². The van der Waals surface area contributed by atoms with Crippen molar-refractivity contribution in [2.45, 2.75) is 13.0 Å². The summed E-state index contributed by atoms with van der Waals surface area (Å²) >= 11 is 0. The molecule has 0 aliphatic heterocycles. The summed E-state index contributed by atoms with van der Waals surface area (Å²) in [5, 5.41) is 14.9. The van der Waals surface area contributed by atoms with Crippen LogP contribution in [0, 0.1) is 5.82 Å². The topological polar surface area (TPSA) is 126 Å². The summed E-state index contributed by atoms with van der Waals surface area (Å²) in [6, 6.07) is 4.96. The van der Waals surface area contributed by atoms with Crippen molar-refractivity contribution in [3.8, 4) is 0 Å². The first kappa shape index (κ1) is 18.8. The Bertz CT molecular complexity index is 839. The van der Waals surface area contributed by atoms with Gasteiger partial charge >= 0.3 is 0 Å². The minimum Gasteiger partial charge on any atom is -0.387 e. The molecule has 0 spiro atoms. The molecule has 0 aliphatic carbocycles. The number of sulfonamides is 1. The number of nitrogens with zero attached hydrogens (tertiary/aromatic N) is 3. The molecule has 9 nitrogen and oxygen atoms in total. The Morgan fingerprint density at radius 3 is 2.80 bits per heavy atom. The number of aromatic nitrogens is 2. The molecule has 1 aromatic heterocycles. The Morgan fingerprint density at radius 2 is 2.20 bits per heavy atom. The summed E-state index contributed by atoms with van der Waals surface area (Å²) in [7, 11) is -3.77. The average Bonchev–Trinajstić information content (AvgIpc) is 2.99. The molecule has 2 N–H and O–H groups in total. The van der Waals surface area contributed by atoms with E-state index in [-0.39, 0.29) is 31.2 Å². The largest absolute Gasteiger partial charge is 0.387 e. The van der Waals surface area contributed by atoms with E-state index in [1.165, 1.54) is 18.2 Å². The predicted octanol–water partition coefficient (Wildman–Crippen LogP) is -0.174. The van der Waals surface area contributed by atoms with Gasteiger partial charge in [-0.05, 0) is 18.2 Å². The second kappa shape index (κ2) is 8.03. The zero-order valence-electron chi connectivity index (χ0n) is 13.3. The molecule has 0 saturated heterocycles. The summed E-state index contributed by atoms with van der Waals surface area (Å²) in [5.41, 5.74) is 0.0587. The second-order valence-electron chi connectivity index (χ2n) is 5.11. The van der Waals surface area contributed by atoms with Crippen LogP contribution in [0.1, 0.15) is 11.7 Å². The Labute approximate surface area is 143 Å². The summed E-state index contributed by atoms with van der Waals surface area (Å²) in [6.07, 6.45) is 1.18. The molecule has 25 heavy (non-hydrogen) atoms. The van der Waals surface area contributed by atoms with Gasteiger partial charge in [-0.2, -0.15) is 4.98 Å². The standard InChI is InChI=1S/C14H17FN4O5S/c1-25(22,23)19(11-4-2-3-10(15)7-11)8-13(21)16-6-5-12-17-14(9-20)24-18-12/h2-4,7,20H,5-6,8-9H2,1H3,(H,16,21). The van der Waals surface area contributed by atoms with E-state index in [2.05, 4.69) is 15.5 Å². The van der Waals surface area contributed by atoms with Gasteiger partial charge in [0, 0.05) is 13.0 Å². The van der Waals surface area contributed by atoms with Crippen molar-refractivity contribution in [2.75, 3.05) is 23.7 Å². The van der Waals surface area contributed by atoms with Crippen LogP contribution in [0.15, 0.2) is 28.8 Å². The van der Waals surface area contributed by atoms with Crippen molar-refractivity contribution in [1.29, 1.82) is 0 Å². The summed E-state index contributed by atoms with van der Waals surface area (Å²) < 4.78 is 42.6. The van der Waals surface area contributed by atoms with E-state index in [0.29, 0.717) is 5.82 Å². The van der Waals surface area contributed by atoms with Gasteiger partial charge in [0.2, 0.25) is 15.9 Å². The van der Waals surface area contributed by atoms with E-state index in [1.54, 1.807) is 0 Å². The first-order chi connectivity index (χ1) is 11.8. The molecule has 1 heterocycles. The Morgan fingerprint density at radius 1 is 1.44 bits per heavy atom. The molecule has 0 bridgehead atoms. The summed E-state index contributed by atoms with van der Waals surface area (Å²) in [4.78, 5) is 15.9. The van der Waals surface area contributed by atoms with Gasteiger partial charge in [-0.1, -0.05) is 11.2 Å². The van der Waals surface area contributed by atoms with E-state index in [4.69, 9.17) is 9.63 Å². The Hall–Kier alpha value is -2.53. The van der Waals surface area contributed by atoms with Gasteiger partial charge in [-0.15, -0.1) is 0 Å². The van der Waals surface area contributed by atoms with E-state index in [9.17, 15) is 17.6 Å². The summed E-state index contributed by atoms with van der Waals surface area (Å²) in [6.45, 7) is -0.725. The van der Waals surface area contributed by atoms with Crippen molar-refractivity contribution >= 4 is 21.6 Å². The number of carbonyl (C=O) groups excluding carboxylic acids is 1. The van der Waals surface area contributed by atoms with Crippen LogP contribution in [-0.4, -0.2) is 48.9 Å². The highest BCUT2D eigenvalue weighted by Gasteiger charge is 2.21. The van der Waals surface area contributed by atoms with Gasteiger partial charge in [0.05, 0.1) is 11.9 Å². The smallest absolute Gasteiger partial charge is 0.252 e. The van der Waals surface area contributed by atoms with E-state index >= 15 is 0 Å². The highest BCUT2D eigenvalue weighted by molar-refractivity contribution is 7.92. The van der Waals surface area contributed by atoms with E-state index < -0.39 is 28.3 Å². The molecule has 2 rings (SSSR count). The van der Waals surface area contributed by atoms with Crippen LogP contribution < -0.4 is 9.62 Å². The molecule has 0 atom stereocenters. The van der Waals surface area contributed by atoms with Crippen molar-refractivity contribution < 1.29 is 27.2 Å². The lowest BCUT2D eigenvalue weighted by molar-refractivity contribution is -0.119. The van der Waals surface area contributed by atoms with Gasteiger partial charge in [0.25, 0.3) is 5.89 Å². The third kappa shape index (κ3) is 5.50.